The van der Waals surface area contributed by atoms with Crippen molar-refractivity contribution < 1.29 is 9.59 Å². The molecule has 1 aliphatic carbocycles. The third kappa shape index (κ3) is 7.05. The number of nitrogens with zero attached hydrogens (tertiary/aromatic N) is 1. The van der Waals surface area contributed by atoms with Crippen molar-refractivity contribution in [2.45, 2.75) is 83.7 Å². The highest BCUT2D eigenvalue weighted by Crippen LogP contribution is 2.31. The second-order valence-electron chi connectivity index (χ2n) is 6.74. The van der Waals surface area contributed by atoms with Gasteiger partial charge in [0, 0.05) is 19.0 Å². The van der Waals surface area contributed by atoms with Crippen molar-refractivity contribution in [2.24, 2.45) is 5.92 Å². The molecule has 0 aromatic carbocycles. The van der Waals surface area contributed by atoms with Crippen LogP contribution in [0.25, 0.3) is 0 Å². The van der Waals surface area contributed by atoms with E-state index >= 15 is 0 Å². The highest BCUT2D eigenvalue weighted by atomic mass is 16.2. The van der Waals surface area contributed by atoms with Crippen molar-refractivity contribution in [1.82, 2.24) is 10.2 Å². The summed E-state index contributed by atoms with van der Waals surface area (Å²) in [4.78, 5) is 26.6. The minimum Gasteiger partial charge on any atom is -0.351 e. The van der Waals surface area contributed by atoms with Crippen LogP contribution in [0.4, 0.5) is 0 Å². The maximum Gasteiger partial charge on any atom is 0.243 e. The fourth-order valence-corrected chi connectivity index (χ4v) is 3.32. The quantitative estimate of drug-likeness (QED) is 0.475. The van der Waals surface area contributed by atoms with Crippen LogP contribution in [-0.4, -0.2) is 35.3 Å². The Balaban J connectivity index is 0.00000151. The van der Waals surface area contributed by atoms with Crippen molar-refractivity contribution in [1.29, 1.82) is 0 Å². The van der Waals surface area contributed by atoms with Crippen molar-refractivity contribution in [2.75, 3.05) is 6.54 Å². The first kappa shape index (κ1) is 21.5. The van der Waals surface area contributed by atoms with Crippen molar-refractivity contribution >= 4 is 11.8 Å². The van der Waals surface area contributed by atoms with E-state index in [0.29, 0.717) is 12.3 Å². The average Bonchev–Trinajstić information content (AvgIpc) is 3.19. The van der Waals surface area contributed by atoms with Gasteiger partial charge in [-0.1, -0.05) is 38.8 Å². The molecule has 3 atom stereocenters. The van der Waals surface area contributed by atoms with E-state index in [1.54, 1.807) is 4.90 Å². The van der Waals surface area contributed by atoms with Crippen LogP contribution >= 0.6 is 0 Å². The van der Waals surface area contributed by atoms with Crippen molar-refractivity contribution in [3.8, 4) is 0 Å². The van der Waals surface area contributed by atoms with E-state index < -0.39 is 0 Å². The lowest BCUT2D eigenvalue weighted by atomic mass is 10.1. The normalized spacial score (nSPS) is 24.1. The van der Waals surface area contributed by atoms with Gasteiger partial charge in [-0.15, -0.1) is 13.2 Å². The first-order chi connectivity index (χ1) is 12.2. The second-order valence-corrected chi connectivity index (χ2v) is 6.74. The lowest BCUT2D eigenvalue weighted by Crippen LogP contribution is -2.46. The van der Waals surface area contributed by atoms with Crippen LogP contribution in [0.2, 0.25) is 0 Å². The molecular formula is C21H36N2O2. The lowest BCUT2D eigenvalue weighted by molar-refractivity contribution is -0.138. The molecule has 2 aliphatic rings. The molecule has 25 heavy (non-hydrogen) atoms. The molecule has 0 aromatic rings. The van der Waals surface area contributed by atoms with E-state index in [4.69, 9.17) is 0 Å². The Hall–Kier alpha value is -1.58. The predicted molar refractivity (Wildman–Crippen MR) is 104 cm³/mol. The molecule has 2 rings (SSSR count). The minimum atomic E-state index is -0.255. The van der Waals surface area contributed by atoms with E-state index in [9.17, 15) is 9.59 Å². The van der Waals surface area contributed by atoms with Crippen LogP contribution in [0.5, 0.6) is 0 Å². The van der Waals surface area contributed by atoms with Gasteiger partial charge in [0.25, 0.3) is 0 Å². The third-order valence-corrected chi connectivity index (χ3v) is 4.89. The summed E-state index contributed by atoms with van der Waals surface area (Å²) in [6, 6.07) is -0.0169. The summed E-state index contributed by atoms with van der Waals surface area (Å²) >= 11 is 0. The van der Waals surface area contributed by atoms with Gasteiger partial charge in [0.15, 0.2) is 0 Å². The maximum atomic E-state index is 12.4. The number of rotatable bonds is 10. The molecule has 0 spiro atoms. The second kappa shape index (κ2) is 11.9. The molecule has 2 fully saturated rings. The number of unbranched alkanes of at least 4 members (excludes halogenated alkanes) is 4. The van der Waals surface area contributed by atoms with Crippen LogP contribution < -0.4 is 5.32 Å². The molecular weight excluding hydrogens is 312 g/mol. The minimum absolute atomic E-state index is 0.0242. The van der Waals surface area contributed by atoms with Gasteiger partial charge in [0.05, 0.1) is 0 Å². The van der Waals surface area contributed by atoms with Gasteiger partial charge in [-0.2, -0.15) is 0 Å². The van der Waals surface area contributed by atoms with Gasteiger partial charge in [0.1, 0.15) is 6.04 Å². The molecule has 0 aromatic heterocycles. The number of carbonyl (C=O) groups is 2. The number of carbonyl (C=O) groups excluding carboxylic acids is 2. The molecule has 4 nitrogen and oxygen atoms in total. The molecule has 2 amide bonds. The molecule has 1 heterocycles. The largest absolute Gasteiger partial charge is 0.351 e. The van der Waals surface area contributed by atoms with Crippen LogP contribution in [0.15, 0.2) is 25.3 Å². The van der Waals surface area contributed by atoms with Gasteiger partial charge < -0.3 is 10.2 Å². The highest BCUT2D eigenvalue weighted by Gasteiger charge is 2.40. The van der Waals surface area contributed by atoms with E-state index in [1.807, 2.05) is 26.0 Å². The number of likely N-dealkylation sites (tertiary alicyclic amines) is 1. The summed E-state index contributed by atoms with van der Waals surface area (Å²) in [6.45, 7) is 12.2. The number of allylic oxidation sites excluding steroid dienone is 1. The van der Waals surface area contributed by atoms with Crippen LogP contribution in [0, 0.1) is 5.92 Å². The highest BCUT2D eigenvalue weighted by molar-refractivity contribution is 5.88. The SMILES string of the molecule is C=CCCCCCCC(=O)N1CCCC1C(=O)N[C@@H]1C[C@H]1C=C.CC. The average molecular weight is 349 g/mol. The Morgan fingerprint density at radius 1 is 1.16 bits per heavy atom. The zero-order valence-electron chi connectivity index (χ0n) is 16.1. The number of hydrogen-bond acceptors (Lipinski definition) is 2. The summed E-state index contributed by atoms with van der Waals surface area (Å²) in [5, 5.41) is 3.06. The zero-order valence-corrected chi connectivity index (χ0v) is 16.1. The maximum absolute atomic E-state index is 12.4. The fourth-order valence-electron chi connectivity index (χ4n) is 3.32. The van der Waals surface area contributed by atoms with Crippen molar-refractivity contribution in [3.63, 3.8) is 0 Å². The summed E-state index contributed by atoms with van der Waals surface area (Å²) in [5.74, 6) is 0.582. The van der Waals surface area contributed by atoms with Gasteiger partial charge >= 0.3 is 0 Å². The van der Waals surface area contributed by atoms with Crippen LogP contribution in [0.1, 0.15) is 71.6 Å². The molecule has 1 N–H and O–H groups in total. The summed E-state index contributed by atoms with van der Waals surface area (Å²) in [7, 11) is 0. The number of nitrogens with one attached hydrogen (secondary N) is 1. The molecule has 1 unspecified atom stereocenters. The smallest absolute Gasteiger partial charge is 0.243 e. The molecule has 1 saturated heterocycles. The predicted octanol–water partition coefficient (Wildman–Crippen LogP) is 4.22. The molecule has 4 heteroatoms. The monoisotopic (exact) mass is 348 g/mol. The Bertz CT molecular complexity index is 447. The Labute approximate surface area is 153 Å². The standard InChI is InChI=1S/C19H30N2O2.C2H6/c1-3-5-6-7-8-9-12-18(22)21-13-10-11-17(21)19(23)20-16-14-15(16)4-2;1-2/h3-4,15-17H,1-2,5-14H2,(H,20,23);1-2H3/t15-,16-,17?;/m1./s1. The Morgan fingerprint density at radius 2 is 1.88 bits per heavy atom. The number of amides is 2. The Kier molecular flexibility index (Phi) is 10.2. The first-order valence-corrected chi connectivity index (χ1v) is 10.0. The van der Waals surface area contributed by atoms with Gasteiger partial charge in [-0.05, 0) is 44.4 Å². The summed E-state index contributed by atoms with van der Waals surface area (Å²) in [5.41, 5.74) is 0. The van der Waals surface area contributed by atoms with E-state index in [-0.39, 0.29) is 23.9 Å². The topological polar surface area (TPSA) is 49.4 Å². The molecule has 1 aliphatic heterocycles. The summed E-state index contributed by atoms with van der Waals surface area (Å²) < 4.78 is 0. The molecule has 0 bridgehead atoms. The zero-order chi connectivity index (χ0) is 18.7. The van der Waals surface area contributed by atoms with Crippen molar-refractivity contribution in [3.05, 3.63) is 25.3 Å². The molecule has 142 valence electrons. The van der Waals surface area contributed by atoms with Gasteiger partial charge in [-0.3, -0.25) is 9.59 Å². The lowest BCUT2D eigenvalue weighted by Gasteiger charge is -2.24. The van der Waals surface area contributed by atoms with E-state index in [1.165, 1.54) is 0 Å². The van der Waals surface area contributed by atoms with Gasteiger partial charge in [-0.25, -0.2) is 0 Å². The van der Waals surface area contributed by atoms with Gasteiger partial charge in [0.2, 0.25) is 11.8 Å². The number of hydrogen-bond donors (Lipinski definition) is 1. The summed E-state index contributed by atoms with van der Waals surface area (Å²) in [6.07, 6.45) is 12.5. The Morgan fingerprint density at radius 3 is 2.52 bits per heavy atom. The first-order valence-electron chi connectivity index (χ1n) is 10.0. The van der Waals surface area contributed by atoms with Crippen LogP contribution in [0.3, 0.4) is 0 Å². The van der Waals surface area contributed by atoms with Crippen LogP contribution in [-0.2, 0) is 9.59 Å². The van der Waals surface area contributed by atoms with E-state index in [0.717, 1.165) is 57.9 Å². The molecule has 0 radical (unpaired) electrons. The fraction of sp³-hybridized carbons (Fsp3) is 0.714. The van der Waals surface area contributed by atoms with E-state index in [2.05, 4.69) is 18.5 Å². The third-order valence-electron chi connectivity index (χ3n) is 4.89. The molecule has 1 saturated carbocycles.